The highest BCUT2D eigenvalue weighted by Gasteiger charge is 2.30. The molecule has 0 aliphatic heterocycles. The van der Waals surface area contributed by atoms with Crippen molar-refractivity contribution in [3.05, 3.63) is 47.3 Å². The molecule has 0 saturated carbocycles. The molecule has 2 rings (SSSR count). The van der Waals surface area contributed by atoms with Gasteiger partial charge in [-0.2, -0.15) is 10.4 Å². The summed E-state index contributed by atoms with van der Waals surface area (Å²) in [4.78, 5) is 11.5. The fraction of sp³-hybridized carbons (Fsp3) is 0.435. The first-order chi connectivity index (χ1) is 14.0. The van der Waals surface area contributed by atoms with Crippen molar-refractivity contribution in [2.45, 2.75) is 60.0 Å². The van der Waals surface area contributed by atoms with Crippen LogP contribution in [0.3, 0.4) is 0 Å². The van der Waals surface area contributed by atoms with Crippen LogP contribution in [-0.2, 0) is 11.3 Å². The summed E-state index contributed by atoms with van der Waals surface area (Å²) in [5, 5.41) is 25.3. The van der Waals surface area contributed by atoms with Crippen LogP contribution in [0.25, 0.3) is 11.1 Å². The van der Waals surface area contributed by atoms with Crippen LogP contribution < -0.4 is 5.19 Å². The van der Waals surface area contributed by atoms with Gasteiger partial charge in [0.1, 0.15) is 12.2 Å². The number of allylic oxidation sites excluding steroid dienone is 1. The number of nitrogens with zero attached hydrogens (tertiary/aromatic N) is 3. The number of nitriles is 1. The van der Waals surface area contributed by atoms with Gasteiger partial charge in [0.15, 0.2) is 0 Å². The molecule has 0 amide bonds. The van der Waals surface area contributed by atoms with Crippen LogP contribution in [0.1, 0.15) is 37.7 Å². The molecule has 0 aliphatic carbocycles. The number of ether oxygens (including phenoxy) is 1. The highest BCUT2D eigenvalue weighted by atomic mass is 28.3. The number of benzene rings is 1. The lowest BCUT2D eigenvalue weighted by Crippen LogP contribution is -2.37. The van der Waals surface area contributed by atoms with Gasteiger partial charge in [0.25, 0.3) is 0 Å². The molecule has 7 heteroatoms. The number of hydrogen-bond acceptors (Lipinski definition) is 4. The van der Waals surface area contributed by atoms with Crippen molar-refractivity contribution in [1.29, 1.82) is 5.26 Å². The fourth-order valence-corrected chi connectivity index (χ4v) is 4.64. The second kappa shape index (κ2) is 9.31. The van der Waals surface area contributed by atoms with E-state index in [1.54, 1.807) is 4.68 Å². The van der Waals surface area contributed by atoms with Gasteiger partial charge in [-0.15, -0.1) is 0 Å². The minimum atomic E-state index is -1.48. The number of aromatic nitrogens is 2. The summed E-state index contributed by atoms with van der Waals surface area (Å²) < 4.78 is 7.08. The van der Waals surface area contributed by atoms with Crippen LogP contribution in [0.2, 0.25) is 19.6 Å². The second-order valence-corrected chi connectivity index (χ2v) is 13.8. The van der Waals surface area contributed by atoms with Crippen molar-refractivity contribution < 1.29 is 14.6 Å². The second-order valence-electron chi connectivity index (χ2n) is 8.76. The Labute approximate surface area is 179 Å². The van der Waals surface area contributed by atoms with E-state index in [4.69, 9.17) is 4.74 Å². The summed E-state index contributed by atoms with van der Waals surface area (Å²) in [7, 11) is -1.48. The van der Waals surface area contributed by atoms with E-state index in [1.165, 1.54) is 5.19 Å². The SMILES string of the molecule is CCn1nc(C)cc1/C(=C(/C#N)c1ccc([Si](C)(C)C)cc1)C(OC(=O)O)C(C)C. The van der Waals surface area contributed by atoms with Gasteiger partial charge in [-0.1, -0.05) is 62.9 Å². The van der Waals surface area contributed by atoms with Crippen LogP contribution in [-0.4, -0.2) is 35.2 Å². The Balaban J connectivity index is 2.81. The van der Waals surface area contributed by atoms with E-state index in [0.717, 1.165) is 11.3 Å². The summed E-state index contributed by atoms with van der Waals surface area (Å²) >= 11 is 0. The van der Waals surface area contributed by atoms with Gasteiger partial charge in [-0.3, -0.25) is 4.68 Å². The molecule has 6 nitrogen and oxygen atoms in total. The maximum atomic E-state index is 11.5. The molecule has 0 fully saturated rings. The Morgan fingerprint density at radius 2 is 1.87 bits per heavy atom. The molecule has 160 valence electrons. The van der Waals surface area contributed by atoms with E-state index in [1.807, 2.05) is 45.9 Å². The van der Waals surface area contributed by atoms with E-state index in [0.29, 0.717) is 23.4 Å². The lowest BCUT2D eigenvalue weighted by atomic mass is 9.89. The average Bonchev–Trinajstić information content (AvgIpc) is 3.04. The van der Waals surface area contributed by atoms with Crippen molar-refractivity contribution in [2.75, 3.05) is 0 Å². The molecule has 2 aromatic rings. The predicted molar refractivity (Wildman–Crippen MR) is 122 cm³/mol. The molecule has 1 atom stereocenters. The smallest absolute Gasteiger partial charge is 0.450 e. The van der Waals surface area contributed by atoms with E-state index < -0.39 is 20.3 Å². The van der Waals surface area contributed by atoms with Gasteiger partial charge in [-0.05, 0) is 31.4 Å². The quantitative estimate of drug-likeness (QED) is 0.387. The Hall–Kier alpha value is -2.85. The third-order valence-electron chi connectivity index (χ3n) is 5.02. The Morgan fingerprint density at radius 3 is 2.30 bits per heavy atom. The summed E-state index contributed by atoms with van der Waals surface area (Å²) in [5.41, 5.74) is 3.22. The number of aryl methyl sites for hydroxylation is 2. The number of hydrogen-bond donors (Lipinski definition) is 1. The van der Waals surface area contributed by atoms with Crippen molar-refractivity contribution in [3.8, 4) is 6.07 Å². The van der Waals surface area contributed by atoms with Crippen LogP contribution in [0, 0.1) is 24.2 Å². The van der Waals surface area contributed by atoms with Gasteiger partial charge >= 0.3 is 6.16 Å². The maximum absolute atomic E-state index is 11.5. The summed E-state index contributed by atoms with van der Waals surface area (Å²) in [6.45, 7) is 15.0. The van der Waals surface area contributed by atoms with Crippen molar-refractivity contribution in [1.82, 2.24) is 9.78 Å². The normalized spacial score (nSPS) is 13.6. The molecule has 30 heavy (non-hydrogen) atoms. The van der Waals surface area contributed by atoms with Crippen LogP contribution in [0.4, 0.5) is 4.79 Å². The topological polar surface area (TPSA) is 88.1 Å². The first-order valence-corrected chi connectivity index (χ1v) is 13.7. The van der Waals surface area contributed by atoms with Crippen LogP contribution in [0.5, 0.6) is 0 Å². The zero-order valence-corrected chi connectivity index (χ0v) is 19.9. The van der Waals surface area contributed by atoms with Gasteiger partial charge in [0, 0.05) is 12.1 Å². The molecule has 1 heterocycles. The molecule has 0 aliphatic rings. The van der Waals surface area contributed by atoms with E-state index >= 15 is 0 Å². The van der Waals surface area contributed by atoms with Gasteiger partial charge < -0.3 is 9.84 Å². The highest BCUT2D eigenvalue weighted by molar-refractivity contribution is 6.88. The summed E-state index contributed by atoms with van der Waals surface area (Å²) in [6, 6.07) is 12.2. The minimum Gasteiger partial charge on any atom is -0.450 e. The monoisotopic (exact) mass is 425 g/mol. The Morgan fingerprint density at radius 1 is 1.27 bits per heavy atom. The maximum Gasteiger partial charge on any atom is 0.506 e. The lowest BCUT2D eigenvalue weighted by molar-refractivity contribution is 0.0565. The molecule has 0 spiro atoms. The molecule has 0 saturated heterocycles. The number of rotatable bonds is 7. The summed E-state index contributed by atoms with van der Waals surface area (Å²) in [6.07, 6.45) is -2.16. The minimum absolute atomic E-state index is 0.166. The fourth-order valence-electron chi connectivity index (χ4n) is 3.47. The van der Waals surface area contributed by atoms with Crippen LogP contribution >= 0.6 is 0 Å². The molecular formula is C23H31N3O3Si. The standard InChI is InChI=1S/C23H31N3O3Si/c1-8-26-20(13-16(4)25-26)21(22(15(2)3)29-23(27)28)19(14-24)17-9-11-18(12-10-17)30(5,6)7/h9-13,15,22H,8H2,1-7H3,(H,27,28)/b21-19+. The van der Waals surface area contributed by atoms with E-state index in [-0.39, 0.29) is 5.92 Å². The molecule has 0 radical (unpaired) electrons. The van der Waals surface area contributed by atoms with Gasteiger partial charge in [0.05, 0.1) is 25.0 Å². The molecule has 1 aromatic carbocycles. The van der Waals surface area contributed by atoms with Crippen molar-refractivity contribution >= 4 is 30.6 Å². The predicted octanol–water partition coefficient (Wildman–Crippen LogP) is 4.91. The third-order valence-corrected chi connectivity index (χ3v) is 7.08. The zero-order valence-electron chi connectivity index (χ0n) is 18.9. The molecular weight excluding hydrogens is 394 g/mol. The van der Waals surface area contributed by atoms with Gasteiger partial charge in [-0.25, -0.2) is 4.79 Å². The van der Waals surface area contributed by atoms with Crippen molar-refractivity contribution in [2.24, 2.45) is 5.92 Å². The number of carbonyl (C=O) groups is 1. The molecule has 1 aromatic heterocycles. The molecule has 1 unspecified atom stereocenters. The molecule has 0 bridgehead atoms. The van der Waals surface area contributed by atoms with Crippen LogP contribution in [0.15, 0.2) is 30.3 Å². The Kier molecular flexibility index (Phi) is 7.27. The number of carboxylic acid groups (broad SMARTS) is 1. The Bertz CT molecular complexity index is 977. The van der Waals surface area contributed by atoms with Gasteiger partial charge in [0.2, 0.25) is 0 Å². The largest absolute Gasteiger partial charge is 0.506 e. The average molecular weight is 426 g/mol. The third kappa shape index (κ3) is 5.19. The summed E-state index contributed by atoms with van der Waals surface area (Å²) in [5.74, 6) is -0.166. The van der Waals surface area contributed by atoms with Crippen molar-refractivity contribution in [3.63, 3.8) is 0 Å². The lowest BCUT2D eigenvalue weighted by Gasteiger charge is -2.25. The van der Waals surface area contributed by atoms with E-state index in [2.05, 4.69) is 42.9 Å². The zero-order chi connectivity index (χ0) is 22.6. The highest BCUT2D eigenvalue weighted by Crippen LogP contribution is 2.34. The first-order valence-electron chi connectivity index (χ1n) is 10.2. The van der Waals surface area contributed by atoms with E-state index in [9.17, 15) is 15.2 Å². The molecule has 1 N–H and O–H groups in total. The first kappa shape index (κ1) is 23.4.